The second-order valence-electron chi connectivity index (χ2n) is 10.1. The number of nitrogens with one attached hydrogen (secondary N) is 2. The fourth-order valence-corrected chi connectivity index (χ4v) is 5.57. The zero-order chi connectivity index (χ0) is 26.0. The van der Waals surface area contributed by atoms with Crippen molar-refractivity contribution in [3.05, 3.63) is 53.7 Å². The molecule has 8 nitrogen and oxygen atoms in total. The number of amides is 2. The normalized spacial score (nSPS) is 20.8. The first kappa shape index (κ1) is 25.7. The number of ether oxygens (including phenoxy) is 1. The third-order valence-corrected chi connectivity index (χ3v) is 7.80. The minimum atomic E-state index is -4.17. The maximum Gasteiger partial charge on any atom is 0.390 e. The molecule has 200 valence electrons. The van der Waals surface area contributed by atoms with Gasteiger partial charge in [0.15, 0.2) is 0 Å². The zero-order valence-electron chi connectivity index (χ0n) is 20.9. The van der Waals surface area contributed by atoms with Gasteiger partial charge >= 0.3 is 12.2 Å². The van der Waals surface area contributed by atoms with Crippen molar-refractivity contribution in [1.29, 1.82) is 0 Å². The summed E-state index contributed by atoms with van der Waals surface area (Å²) in [7, 11) is 1.60. The van der Waals surface area contributed by atoms with Crippen LogP contribution in [0.2, 0.25) is 0 Å². The van der Waals surface area contributed by atoms with Crippen LogP contribution in [0.1, 0.15) is 36.3 Å². The quantitative estimate of drug-likeness (QED) is 0.585. The second kappa shape index (κ2) is 10.5. The highest BCUT2D eigenvalue weighted by atomic mass is 19.4. The lowest BCUT2D eigenvalue weighted by Crippen LogP contribution is -2.54. The third kappa shape index (κ3) is 5.68. The van der Waals surface area contributed by atoms with Crippen molar-refractivity contribution in [3.63, 3.8) is 0 Å². The summed E-state index contributed by atoms with van der Waals surface area (Å²) in [5, 5.41) is 0. The molecule has 3 fully saturated rings. The van der Waals surface area contributed by atoms with Gasteiger partial charge in [0.05, 0.1) is 25.6 Å². The number of hydrogen-bond donors (Lipinski definition) is 2. The predicted octanol–water partition coefficient (Wildman–Crippen LogP) is 3.51. The first-order valence-corrected chi connectivity index (χ1v) is 12.7. The number of alkyl halides is 3. The molecule has 4 heterocycles. The number of rotatable bonds is 7. The molecule has 3 aliphatic rings. The van der Waals surface area contributed by atoms with E-state index in [1.807, 2.05) is 52.4 Å². The van der Waals surface area contributed by atoms with Crippen molar-refractivity contribution in [3.8, 4) is 5.75 Å². The van der Waals surface area contributed by atoms with Gasteiger partial charge in [-0.25, -0.2) is 9.78 Å². The monoisotopic (exact) mass is 518 g/mol. The minimum Gasteiger partial charge on any atom is -0.497 e. The summed E-state index contributed by atoms with van der Waals surface area (Å²) in [5.41, 5.74) is 7.81. The van der Waals surface area contributed by atoms with Crippen molar-refractivity contribution in [1.82, 2.24) is 25.6 Å². The summed E-state index contributed by atoms with van der Waals surface area (Å²) >= 11 is 0. The van der Waals surface area contributed by atoms with Crippen LogP contribution in [0.4, 0.5) is 23.8 Å². The van der Waals surface area contributed by atoms with Crippen LogP contribution in [0.5, 0.6) is 5.75 Å². The first-order chi connectivity index (χ1) is 17.8. The lowest BCUT2D eigenvalue weighted by Gasteiger charge is -2.44. The largest absolute Gasteiger partial charge is 0.497 e. The van der Waals surface area contributed by atoms with Crippen LogP contribution in [0.25, 0.3) is 0 Å². The molecule has 2 N–H and O–H groups in total. The summed E-state index contributed by atoms with van der Waals surface area (Å²) in [4.78, 5) is 23.9. The van der Waals surface area contributed by atoms with E-state index in [1.165, 1.54) is 0 Å². The molecular weight excluding hydrogens is 485 g/mol. The standard InChI is InChI=1S/C26H33F3N6O2/c1-37-22-4-2-3-19(13-22)17-35-24(36)34(23-6-5-20(14-30-23)21-15-31-32-16-21)18-25(35)7-10-33(11-8-25)12-9-26(27,28)29/h2-6,13-14,21,31-32H,7-12,15-18H2,1H3. The van der Waals surface area contributed by atoms with Crippen molar-refractivity contribution in [2.75, 3.05) is 51.3 Å². The predicted molar refractivity (Wildman–Crippen MR) is 133 cm³/mol. The molecule has 2 amide bonds. The second-order valence-corrected chi connectivity index (χ2v) is 10.1. The molecule has 0 atom stereocenters. The number of benzene rings is 1. The van der Waals surface area contributed by atoms with Crippen molar-refractivity contribution in [2.24, 2.45) is 0 Å². The number of hydrazine groups is 1. The Hall–Kier alpha value is -2.89. The molecule has 2 aromatic rings. The summed E-state index contributed by atoms with van der Waals surface area (Å²) in [6.45, 7) is 3.52. The Morgan fingerprint density at radius 2 is 1.89 bits per heavy atom. The molecule has 0 saturated carbocycles. The van der Waals surface area contributed by atoms with Crippen LogP contribution in [0.3, 0.4) is 0 Å². The Morgan fingerprint density at radius 3 is 2.54 bits per heavy atom. The van der Waals surface area contributed by atoms with Crippen LogP contribution < -0.4 is 20.5 Å². The van der Waals surface area contributed by atoms with E-state index in [4.69, 9.17) is 4.74 Å². The number of likely N-dealkylation sites (tertiary alicyclic amines) is 1. The lowest BCUT2D eigenvalue weighted by atomic mass is 9.86. The number of piperidine rings is 1. The first-order valence-electron chi connectivity index (χ1n) is 12.7. The number of methoxy groups -OCH3 is 1. The molecule has 1 spiro atoms. The maximum atomic E-state index is 13.8. The van der Waals surface area contributed by atoms with Gasteiger partial charge in [-0.05, 0) is 42.2 Å². The fraction of sp³-hybridized carbons (Fsp3) is 0.538. The molecule has 0 radical (unpaired) electrons. The van der Waals surface area contributed by atoms with Gasteiger partial charge in [-0.2, -0.15) is 13.2 Å². The molecule has 0 aliphatic carbocycles. The number of aromatic nitrogens is 1. The molecule has 37 heavy (non-hydrogen) atoms. The Kier molecular flexibility index (Phi) is 7.28. The Balaban J connectivity index is 1.36. The van der Waals surface area contributed by atoms with E-state index in [0.717, 1.165) is 24.2 Å². The smallest absolute Gasteiger partial charge is 0.390 e. The van der Waals surface area contributed by atoms with Crippen LogP contribution >= 0.6 is 0 Å². The molecule has 1 aromatic carbocycles. The SMILES string of the molecule is COc1cccc(CN2C(=O)N(c3ccc(C4CNNC4)cn3)CC23CCN(CCC(F)(F)F)CC3)c1. The Bertz CT molecular complexity index is 1080. The van der Waals surface area contributed by atoms with Gasteiger partial charge in [0, 0.05) is 51.4 Å². The number of anilines is 1. The number of pyridine rings is 1. The topological polar surface area (TPSA) is 73.0 Å². The van der Waals surface area contributed by atoms with Crippen LogP contribution in [-0.2, 0) is 6.54 Å². The van der Waals surface area contributed by atoms with Crippen LogP contribution in [-0.4, -0.2) is 78.9 Å². The zero-order valence-corrected chi connectivity index (χ0v) is 20.9. The lowest BCUT2D eigenvalue weighted by molar-refractivity contribution is -0.139. The van der Waals surface area contributed by atoms with E-state index in [1.54, 1.807) is 12.0 Å². The summed E-state index contributed by atoms with van der Waals surface area (Å²) < 4.78 is 43.7. The Labute approximate surface area is 214 Å². The third-order valence-electron chi connectivity index (χ3n) is 7.80. The van der Waals surface area contributed by atoms with E-state index >= 15 is 0 Å². The highest BCUT2D eigenvalue weighted by Gasteiger charge is 2.51. The molecule has 5 rings (SSSR count). The molecule has 3 saturated heterocycles. The number of carbonyl (C=O) groups is 1. The van der Waals surface area contributed by atoms with Gasteiger partial charge in [-0.15, -0.1) is 0 Å². The average Bonchev–Trinajstić information content (AvgIpc) is 3.52. The van der Waals surface area contributed by atoms with Gasteiger partial charge in [-0.1, -0.05) is 18.2 Å². The van der Waals surface area contributed by atoms with Crippen LogP contribution in [0.15, 0.2) is 42.6 Å². The summed E-state index contributed by atoms with van der Waals surface area (Å²) in [5.74, 6) is 1.64. The average molecular weight is 519 g/mol. The Morgan fingerprint density at radius 1 is 1.14 bits per heavy atom. The molecule has 0 bridgehead atoms. The summed E-state index contributed by atoms with van der Waals surface area (Å²) in [6, 6.07) is 11.4. The van der Waals surface area contributed by atoms with Gasteiger partial charge in [-0.3, -0.25) is 15.8 Å². The fourth-order valence-electron chi connectivity index (χ4n) is 5.57. The molecular formula is C26H33F3N6O2. The highest BCUT2D eigenvalue weighted by molar-refractivity contribution is 5.94. The van der Waals surface area contributed by atoms with Gasteiger partial charge < -0.3 is 14.5 Å². The van der Waals surface area contributed by atoms with Gasteiger partial charge in [0.1, 0.15) is 11.6 Å². The van der Waals surface area contributed by atoms with Gasteiger partial charge in [0.25, 0.3) is 0 Å². The number of urea groups is 1. The molecule has 0 unspecified atom stereocenters. The van der Waals surface area contributed by atoms with Crippen molar-refractivity contribution in [2.45, 2.75) is 43.4 Å². The van der Waals surface area contributed by atoms with E-state index in [2.05, 4.69) is 15.8 Å². The number of carbonyl (C=O) groups excluding carboxylic acids is 1. The molecule has 1 aromatic heterocycles. The number of hydrogen-bond acceptors (Lipinski definition) is 6. The van der Waals surface area contributed by atoms with E-state index in [-0.39, 0.29) is 12.6 Å². The number of halogens is 3. The minimum absolute atomic E-state index is 0.0129. The molecule has 11 heteroatoms. The van der Waals surface area contributed by atoms with Crippen molar-refractivity contribution >= 4 is 11.8 Å². The van der Waals surface area contributed by atoms with E-state index < -0.39 is 18.1 Å². The van der Waals surface area contributed by atoms with Crippen LogP contribution in [0, 0.1) is 0 Å². The van der Waals surface area contributed by atoms with Crippen molar-refractivity contribution < 1.29 is 22.7 Å². The van der Waals surface area contributed by atoms with Gasteiger partial charge in [0.2, 0.25) is 0 Å². The number of nitrogens with zero attached hydrogens (tertiary/aromatic N) is 4. The van der Waals surface area contributed by atoms with E-state index in [9.17, 15) is 18.0 Å². The highest BCUT2D eigenvalue weighted by Crippen LogP contribution is 2.39. The van der Waals surface area contributed by atoms with E-state index in [0.29, 0.717) is 56.5 Å². The summed E-state index contributed by atoms with van der Waals surface area (Å²) in [6.07, 6.45) is -1.95. The maximum absolute atomic E-state index is 13.8. The molecule has 3 aliphatic heterocycles.